The van der Waals surface area contributed by atoms with E-state index in [1.54, 1.807) is 0 Å². The maximum absolute atomic E-state index is 12.3. The number of benzene rings is 1. The molecule has 0 saturated heterocycles. The number of nitrogens with zero attached hydrogens (tertiary/aromatic N) is 3. The Labute approximate surface area is 152 Å². The molecule has 0 fully saturated rings. The Morgan fingerprint density at radius 3 is 2.48 bits per heavy atom. The fraction of sp³-hybridized carbons (Fsp3) is 0.286. The van der Waals surface area contributed by atoms with Crippen LogP contribution in [0.1, 0.15) is 5.69 Å². The highest BCUT2D eigenvalue weighted by Crippen LogP contribution is 2.36. The van der Waals surface area contributed by atoms with Crippen molar-refractivity contribution in [3.8, 4) is 11.5 Å². The topological polar surface area (TPSA) is 109 Å². The zero-order valence-electron chi connectivity index (χ0n) is 13.5. The van der Waals surface area contributed by atoms with Crippen LogP contribution >= 0.6 is 23.2 Å². The van der Waals surface area contributed by atoms with Crippen LogP contribution in [0.4, 0.5) is 11.5 Å². The quantitative estimate of drug-likeness (QED) is 0.601. The van der Waals surface area contributed by atoms with Crippen molar-refractivity contribution in [1.82, 2.24) is 9.78 Å². The molecule has 25 heavy (non-hydrogen) atoms. The van der Waals surface area contributed by atoms with Crippen LogP contribution in [0.15, 0.2) is 12.1 Å². The van der Waals surface area contributed by atoms with Gasteiger partial charge in [0.05, 0.1) is 35.7 Å². The van der Waals surface area contributed by atoms with Crippen LogP contribution in [0.5, 0.6) is 11.5 Å². The first kappa shape index (κ1) is 18.8. The first-order valence-corrected chi connectivity index (χ1v) is 7.62. The van der Waals surface area contributed by atoms with Gasteiger partial charge >= 0.3 is 5.82 Å². The van der Waals surface area contributed by atoms with Gasteiger partial charge in [0, 0.05) is 12.1 Å². The Morgan fingerprint density at radius 1 is 1.32 bits per heavy atom. The number of hydrogen-bond donors (Lipinski definition) is 1. The summed E-state index contributed by atoms with van der Waals surface area (Å²) in [4.78, 5) is 22.4. The van der Waals surface area contributed by atoms with Gasteiger partial charge in [-0.1, -0.05) is 23.2 Å². The Morgan fingerprint density at radius 2 is 1.96 bits per heavy atom. The Balaban J connectivity index is 2.24. The molecule has 0 radical (unpaired) electrons. The molecule has 9 nitrogen and oxygen atoms in total. The molecule has 1 heterocycles. The van der Waals surface area contributed by atoms with E-state index in [-0.39, 0.29) is 11.6 Å². The number of carbonyl (C=O) groups is 1. The van der Waals surface area contributed by atoms with E-state index in [2.05, 4.69) is 10.4 Å². The minimum Gasteiger partial charge on any atom is -0.495 e. The number of nitrogens with one attached hydrogen (secondary N) is 1. The number of carbonyl (C=O) groups excluding carboxylic acids is 1. The summed E-state index contributed by atoms with van der Waals surface area (Å²) in [6.07, 6.45) is 0. The van der Waals surface area contributed by atoms with Crippen LogP contribution in [0.2, 0.25) is 10.0 Å². The SMILES string of the molecule is COc1cc(NC(=O)Cn2nc([N+](=O)[O-])c(Cl)c2C)c(OC)cc1Cl. The average molecular weight is 389 g/mol. The number of halogens is 2. The number of nitro groups is 1. The molecule has 0 aliphatic carbocycles. The van der Waals surface area contributed by atoms with Crippen molar-refractivity contribution in [2.75, 3.05) is 19.5 Å². The van der Waals surface area contributed by atoms with Crippen molar-refractivity contribution in [2.24, 2.45) is 0 Å². The molecule has 1 N–H and O–H groups in total. The Bertz CT molecular complexity index is 837. The largest absolute Gasteiger partial charge is 0.495 e. The number of anilines is 1. The van der Waals surface area contributed by atoms with E-state index < -0.39 is 16.6 Å². The summed E-state index contributed by atoms with van der Waals surface area (Å²) in [5.74, 6) is -0.301. The van der Waals surface area contributed by atoms with Crippen LogP contribution in [-0.2, 0) is 11.3 Å². The van der Waals surface area contributed by atoms with Gasteiger partial charge in [0.15, 0.2) is 5.02 Å². The van der Waals surface area contributed by atoms with Crippen LogP contribution in [0, 0.1) is 17.0 Å². The summed E-state index contributed by atoms with van der Waals surface area (Å²) in [6, 6.07) is 3.00. The number of ether oxygens (including phenoxy) is 2. The molecule has 0 aliphatic rings. The number of hydrogen-bond acceptors (Lipinski definition) is 6. The second kappa shape index (κ2) is 7.58. The summed E-state index contributed by atoms with van der Waals surface area (Å²) in [5.41, 5.74) is 0.642. The number of methoxy groups -OCH3 is 2. The van der Waals surface area contributed by atoms with Gasteiger partial charge in [0.1, 0.15) is 18.0 Å². The summed E-state index contributed by atoms with van der Waals surface area (Å²) in [7, 11) is 2.86. The third kappa shape index (κ3) is 3.94. The molecule has 0 spiro atoms. The molecule has 0 saturated carbocycles. The summed E-state index contributed by atoms with van der Waals surface area (Å²) in [6.45, 7) is 1.26. The van der Waals surface area contributed by atoms with E-state index in [0.29, 0.717) is 27.9 Å². The van der Waals surface area contributed by atoms with Crippen molar-refractivity contribution in [1.29, 1.82) is 0 Å². The highest BCUT2D eigenvalue weighted by molar-refractivity contribution is 6.33. The molecule has 0 unspecified atom stereocenters. The standard InChI is InChI=1S/C14H14Cl2N4O5/c1-7-13(16)14(20(22)23)18-19(7)6-12(21)17-9-5-10(24-2)8(15)4-11(9)25-3/h4-5H,6H2,1-3H3,(H,17,21). The Hall–Kier alpha value is -2.52. The van der Waals surface area contributed by atoms with Gasteiger partial charge in [0.25, 0.3) is 0 Å². The third-order valence-corrected chi connectivity index (χ3v) is 4.07. The van der Waals surface area contributed by atoms with Gasteiger partial charge < -0.3 is 24.9 Å². The molecular weight excluding hydrogens is 375 g/mol. The van der Waals surface area contributed by atoms with Crippen molar-refractivity contribution in [3.05, 3.63) is 38.0 Å². The number of rotatable bonds is 6. The van der Waals surface area contributed by atoms with E-state index in [0.717, 1.165) is 4.68 Å². The third-order valence-electron chi connectivity index (χ3n) is 3.33. The lowest BCUT2D eigenvalue weighted by molar-refractivity contribution is -0.389. The summed E-state index contributed by atoms with van der Waals surface area (Å²) in [5, 5.41) is 17.4. The lowest BCUT2D eigenvalue weighted by Gasteiger charge is -2.13. The second-order valence-electron chi connectivity index (χ2n) is 4.87. The van der Waals surface area contributed by atoms with Crippen LogP contribution in [0.3, 0.4) is 0 Å². The number of aromatic nitrogens is 2. The molecule has 2 rings (SSSR count). The van der Waals surface area contributed by atoms with E-state index in [4.69, 9.17) is 32.7 Å². The summed E-state index contributed by atoms with van der Waals surface area (Å²) >= 11 is 11.9. The minimum atomic E-state index is -0.711. The lowest BCUT2D eigenvalue weighted by Crippen LogP contribution is -2.20. The maximum Gasteiger partial charge on any atom is 0.408 e. The molecule has 134 valence electrons. The van der Waals surface area contributed by atoms with Gasteiger partial charge in [-0.2, -0.15) is 4.68 Å². The normalized spacial score (nSPS) is 10.4. The van der Waals surface area contributed by atoms with Gasteiger partial charge in [0.2, 0.25) is 5.91 Å². The van der Waals surface area contributed by atoms with Gasteiger partial charge in [-0.25, -0.2) is 0 Å². The van der Waals surface area contributed by atoms with Crippen molar-refractivity contribution in [3.63, 3.8) is 0 Å². The molecule has 1 aromatic carbocycles. The van der Waals surface area contributed by atoms with Crippen LogP contribution in [-0.4, -0.2) is 34.8 Å². The van der Waals surface area contributed by atoms with Crippen molar-refractivity contribution < 1.29 is 19.2 Å². The number of amides is 1. The van der Waals surface area contributed by atoms with Crippen molar-refractivity contribution in [2.45, 2.75) is 13.5 Å². The van der Waals surface area contributed by atoms with E-state index in [1.807, 2.05) is 0 Å². The molecule has 11 heteroatoms. The summed E-state index contributed by atoms with van der Waals surface area (Å²) < 4.78 is 11.4. The molecular formula is C14H14Cl2N4O5. The van der Waals surface area contributed by atoms with Gasteiger partial charge in [-0.3, -0.25) is 4.79 Å². The average Bonchev–Trinajstić information content (AvgIpc) is 2.84. The smallest absolute Gasteiger partial charge is 0.408 e. The molecule has 1 aromatic heterocycles. The molecule has 0 atom stereocenters. The van der Waals surface area contributed by atoms with E-state index >= 15 is 0 Å². The van der Waals surface area contributed by atoms with Crippen LogP contribution < -0.4 is 14.8 Å². The first-order valence-electron chi connectivity index (χ1n) is 6.87. The zero-order valence-corrected chi connectivity index (χ0v) is 15.0. The molecule has 1 amide bonds. The predicted octanol–water partition coefficient (Wildman–Crippen LogP) is 3.06. The van der Waals surface area contributed by atoms with Crippen molar-refractivity contribution >= 4 is 40.6 Å². The lowest BCUT2D eigenvalue weighted by atomic mass is 10.2. The molecule has 0 aliphatic heterocycles. The molecule has 0 bridgehead atoms. The minimum absolute atomic E-state index is 0.108. The second-order valence-corrected chi connectivity index (χ2v) is 5.66. The maximum atomic E-state index is 12.3. The van der Waals surface area contributed by atoms with E-state index in [1.165, 1.54) is 33.3 Å². The monoisotopic (exact) mass is 388 g/mol. The zero-order chi connectivity index (χ0) is 18.7. The van der Waals surface area contributed by atoms with Crippen LogP contribution in [0.25, 0.3) is 0 Å². The van der Waals surface area contributed by atoms with Gasteiger partial charge in [-0.15, -0.1) is 0 Å². The first-order chi connectivity index (χ1) is 11.8. The fourth-order valence-corrected chi connectivity index (χ4v) is 2.50. The fourth-order valence-electron chi connectivity index (χ4n) is 2.06. The van der Waals surface area contributed by atoms with Gasteiger partial charge in [-0.05, 0) is 11.8 Å². The molecule has 2 aromatic rings. The Kier molecular flexibility index (Phi) is 5.70. The predicted molar refractivity (Wildman–Crippen MR) is 91.8 cm³/mol. The van der Waals surface area contributed by atoms with E-state index in [9.17, 15) is 14.9 Å². The highest BCUT2D eigenvalue weighted by atomic mass is 35.5. The highest BCUT2D eigenvalue weighted by Gasteiger charge is 2.25.